The van der Waals surface area contributed by atoms with Gasteiger partial charge in [-0.3, -0.25) is 4.79 Å². The third-order valence-electron chi connectivity index (χ3n) is 3.24. The van der Waals surface area contributed by atoms with Gasteiger partial charge in [-0.15, -0.1) is 0 Å². The number of amides is 1. The van der Waals surface area contributed by atoms with Crippen LogP contribution in [0.1, 0.15) is 21.7 Å². The van der Waals surface area contributed by atoms with Gasteiger partial charge in [0.2, 0.25) is 0 Å². The molecule has 3 rings (SSSR count). The third kappa shape index (κ3) is 3.44. The highest BCUT2D eigenvalue weighted by atomic mass is 19.1. The molecule has 1 N–H and O–H groups in total. The zero-order chi connectivity index (χ0) is 16.9. The molecule has 0 radical (unpaired) electrons. The Morgan fingerprint density at radius 3 is 2.54 bits per heavy atom. The van der Waals surface area contributed by atoms with Crippen molar-refractivity contribution in [2.45, 2.75) is 6.54 Å². The topological polar surface area (TPSA) is 91.8 Å². The zero-order valence-corrected chi connectivity index (χ0v) is 12.4. The summed E-state index contributed by atoms with van der Waals surface area (Å²) in [5, 5.41) is 15.2. The molecule has 0 aliphatic heterocycles. The first-order valence-corrected chi connectivity index (χ1v) is 7.02. The van der Waals surface area contributed by atoms with Crippen molar-refractivity contribution in [1.82, 2.24) is 15.5 Å². The van der Waals surface area contributed by atoms with Crippen molar-refractivity contribution in [3.05, 3.63) is 71.3 Å². The molecule has 0 atom stereocenters. The molecule has 0 aliphatic rings. The molecule has 2 aromatic carbocycles. The first-order valence-electron chi connectivity index (χ1n) is 7.02. The molecule has 1 heterocycles. The van der Waals surface area contributed by atoms with Gasteiger partial charge in [-0.25, -0.2) is 4.39 Å². The van der Waals surface area contributed by atoms with Crippen molar-refractivity contribution in [2.75, 3.05) is 0 Å². The molecule has 7 heteroatoms. The fraction of sp³-hybridized carbons (Fsp3) is 0.0588. The highest BCUT2D eigenvalue weighted by Gasteiger charge is 2.11. The highest BCUT2D eigenvalue weighted by molar-refractivity contribution is 5.94. The summed E-state index contributed by atoms with van der Waals surface area (Å²) in [7, 11) is 0. The lowest BCUT2D eigenvalue weighted by atomic mass is 10.1. The summed E-state index contributed by atoms with van der Waals surface area (Å²) >= 11 is 0. The van der Waals surface area contributed by atoms with Crippen LogP contribution in [0.4, 0.5) is 4.39 Å². The minimum absolute atomic E-state index is 0.0868. The number of hydrogen-bond acceptors (Lipinski definition) is 5. The maximum atomic E-state index is 12.9. The van der Waals surface area contributed by atoms with E-state index in [4.69, 9.17) is 9.78 Å². The molecule has 0 saturated heterocycles. The number of benzene rings is 2. The van der Waals surface area contributed by atoms with Gasteiger partial charge in [0.1, 0.15) is 5.82 Å². The van der Waals surface area contributed by atoms with E-state index in [1.807, 2.05) is 6.07 Å². The molecule has 1 amide bonds. The van der Waals surface area contributed by atoms with Gasteiger partial charge >= 0.3 is 0 Å². The van der Waals surface area contributed by atoms with Crippen LogP contribution in [0.2, 0.25) is 0 Å². The minimum Gasteiger partial charge on any atom is -0.345 e. The minimum atomic E-state index is -0.354. The molecule has 6 nitrogen and oxygen atoms in total. The van der Waals surface area contributed by atoms with Crippen molar-refractivity contribution in [1.29, 1.82) is 5.26 Å². The summed E-state index contributed by atoms with van der Waals surface area (Å²) in [4.78, 5) is 16.2. The maximum absolute atomic E-state index is 12.9. The number of halogens is 1. The van der Waals surface area contributed by atoms with Gasteiger partial charge in [-0.2, -0.15) is 10.2 Å². The molecular weight excluding hydrogens is 311 g/mol. The van der Waals surface area contributed by atoms with Gasteiger partial charge in [0.15, 0.2) is 5.82 Å². The Bertz CT molecular complexity index is 896. The lowest BCUT2D eigenvalue weighted by Gasteiger charge is -2.02. The van der Waals surface area contributed by atoms with Gasteiger partial charge in [-0.1, -0.05) is 5.16 Å². The Balaban J connectivity index is 1.63. The lowest BCUT2D eigenvalue weighted by molar-refractivity contribution is 0.0949. The summed E-state index contributed by atoms with van der Waals surface area (Å²) in [6.45, 7) is 0.0868. The van der Waals surface area contributed by atoms with Gasteiger partial charge < -0.3 is 9.84 Å². The second-order valence-corrected chi connectivity index (χ2v) is 4.89. The first-order chi connectivity index (χ1) is 11.7. The Hall–Kier alpha value is -3.53. The number of aromatic nitrogens is 2. The van der Waals surface area contributed by atoms with E-state index in [0.717, 1.165) is 0 Å². The molecule has 3 aromatic rings. The van der Waals surface area contributed by atoms with Gasteiger partial charge in [0, 0.05) is 11.1 Å². The lowest BCUT2D eigenvalue weighted by Crippen LogP contribution is -2.23. The van der Waals surface area contributed by atoms with E-state index in [1.165, 1.54) is 24.3 Å². The Morgan fingerprint density at radius 2 is 1.88 bits per heavy atom. The van der Waals surface area contributed by atoms with Crippen LogP contribution in [0.25, 0.3) is 11.5 Å². The number of nitriles is 1. The molecule has 118 valence electrons. The molecule has 0 fully saturated rings. The number of hydrogen-bond donors (Lipinski definition) is 1. The normalized spacial score (nSPS) is 10.2. The van der Waals surface area contributed by atoms with Crippen LogP contribution < -0.4 is 5.32 Å². The van der Waals surface area contributed by atoms with Crippen molar-refractivity contribution in [3.8, 4) is 17.5 Å². The molecule has 0 saturated carbocycles. The predicted octanol–water partition coefficient (Wildman–Crippen LogP) is 2.68. The molecular formula is C17H11FN4O2. The predicted molar refractivity (Wildman–Crippen MR) is 82.0 cm³/mol. The average Bonchev–Trinajstić information content (AvgIpc) is 3.09. The summed E-state index contributed by atoms with van der Waals surface area (Å²) in [6.07, 6.45) is 0. The summed E-state index contributed by atoms with van der Waals surface area (Å²) in [5.41, 5.74) is 1.50. The van der Waals surface area contributed by atoms with E-state index < -0.39 is 0 Å². The fourth-order valence-electron chi connectivity index (χ4n) is 1.99. The zero-order valence-electron chi connectivity index (χ0n) is 12.4. The van der Waals surface area contributed by atoms with Crippen molar-refractivity contribution < 1.29 is 13.7 Å². The first kappa shape index (κ1) is 15.4. The maximum Gasteiger partial charge on any atom is 0.257 e. The number of nitrogens with one attached hydrogen (secondary N) is 1. The fourth-order valence-corrected chi connectivity index (χ4v) is 1.99. The molecule has 0 unspecified atom stereocenters. The van der Waals surface area contributed by atoms with E-state index in [2.05, 4.69) is 15.5 Å². The van der Waals surface area contributed by atoms with Crippen molar-refractivity contribution >= 4 is 5.91 Å². The van der Waals surface area contributed by atoms with E-state index in [0.29, 0.717) is 22.5 Å². The third-order valence-corrected chi connectivity index (χ3v) is 3.24. The van der Waals surface area contributed by atoms with Crippen LogP contribution in [-0.2, 0) is 6.54 Å². The largest absolute Gasteiger partial charge is 0.345 e. The quantitative estimate of drug-likeness (QED) is 0.797. The second kappa shape index (κ2) is 6.71. The Kier molecular flexibility index (Phi) is 4.29. The number of carbonyl (C=O) groups is 1. The van der Waals surface area contributed by atoms with E-state index in [1.54, 1.807) is 24.3 Å². The van der Waals surface area contributed by atoms with E-state index >= 15 is 0 Å². The van der Waals surface area contributed by atoms with E-state index in [-0.39, 0.29) is 24.2 Å². The standard InChI is InChI=1S/C17H11FN4O2/c18-14-7-5-13(6-8-14)17-21-15(22-24-17)10-20-16(23)12-3-1-11(9-19)2-4-12/h1-8H,10H2,(H,20,23). The molecule has 0 bridgehead atoms. The van der Waals surface area contributed by atoms with Gasteiger partial charge in [0.05, 0.1) is 18.2 Å². The van der Waals surface area contributed by atoms with Crippen LogP contribution in [0.15, 0.2) is 53.1 Å². The number of rotatable bonds is 4. The second-order valence-electron chi connectivity index (χ2n) is 4.89. The van der Waals surface area contributed by atoms with Crippen molar-refractivity contribution in [2.24, 2.45) is 0 Å². The summed E-state index contributed by atoms with van der Waals surface area (Å²) < 4.78 is 18.0. The van der Waals surface area contributed by atoms with Crippen LogP contribution in [0, 0.1) is 17.1 Å². The van der Waals surface area contributed by atoms with Crippen LogP contribution >= 0.6 is 0 Å². The monoisotopic (exact) mass is 322 g/mol. The van der Waals surface area contributed by atoms with Crippen LogP contribution in [0.5, 0.6) is 0 Å². The Labute approximate surface area is 136 Å². The molecule has 0 aliphatic carbocycles. The van der Waals surface area contributed by atoms with Crippen molar-refractivity contribution in [3.63, 3.8) is 0 Å². The SMILES string of the molecule is N#Cc1ccc(C(=O)NCc2noc(-c3ccc(F)cc3)n2)cc1. The number of nitrogens with zero attached hydrogens (tertiary/aromatic N) is 3. The highest BCUT2D eigenvalue weighted by Crippen LogP contribution is 2.17. The van der Waals surface area contributed by atoms with Gasteiger partial charge in [-0.05, 0) is 48.5 Å². The number of carbonyl (C=O) groups excluding carboxylic acids is 1. The molecule has 1 aromatic heterocycles. The summed E-state index contributed by atoms with van der Waals surface area (Å²) in [6, 6.07) is 13.9. The van der Waals surface area contributed by atoms with Crippen LogP contribution in [0.3, 0.4) is 0 Å². The average molecular weight is 322 g/mol. The van der Waals surface area contributed by atoms with Crippen LogP contribution in [-0.4, -0.2) is 16.0 Å². The van der Waals surface area contributed by atoms with E-state index in [9.17, 15) is 9.18 Å². The molecule has 0 spiro atoms. The smallest absolute Gasteiger partial charge is 0.257 e. The Morgan fingerprint density at radius 1 is 1.17 bits per heavy atom. The summed E-state index contributed by atoms with van der Waals surface area (Å²) in [5.74, 6) is -0.116. The molecule has 24 heavy (non-hydrogen) atoms. The van der Waals surface area contributed by atoms with Gasteiger partial charge in [0.25, 0.3) is 11.8 Å².